The van der Waals surface area contributed by atoms with Gasteiger partial charge in [-0.3, -0.25) is 4.79 Å². The topological polar surface area (TPSA) is 37.3 Å². The molecule has 27 heavy (non-hydrogen) atoms. The Morgan fingerprint density at radius 3 is 2.48 bits per heavy atom. The van der Waals surface area contributed by atoms with Gasteiger partial charge in [-0.05, 0) is 37.2 Å². The number of hydrogen-bond donors (Lipinski definition) is 1. The normalized spacial score (nSPS) is 25.3. The van der Waals surface area contributed by atoms with Gasteiger partial charge in [0, 0.05) is 23.3 Å². The lowest BCUT2D eigenvalue weighted by molar-refractivity contribution is 0.0979. The molecule has 0 bridgehead atoms. The lowest BCUT2D eigenvalue weighted by atomic mass is 9.85. The summed E-state index contributed by atoms with van der Waals surface area (Å²) < 4.78 is 0. The van der Waals surface area contributed by atoms with Gasteiger partial charge in [0.1, 0.15) is 0 Å². The molecule has 1 aliphatic rings. The number of aliphatic hydroxyl groups excluding tert-OH is 1. The van der Waals surface area contributed by atoms with Crippen LogP contribution in [0.25, 0.3) is 0 Å². The summed E-state index contributed by atoms with van der Waals surface area (Å²) in [7, 11) is 0. The molecule has 1 saturated carbocycles. The average molecular weight is 391 g/mol. The van der Waals surface area contributed by atoms with Gasteiger partial charge in [-0.15, -0.1) is 11.6 Å². The van der Waals surface area contributed by atoms with Crippen molar-refractivity contribution < 1.29 is 9.90 Å². The third kappa shape index (κ3) is 6.47. The molecule has 0 unspecified atom stereocenters. The molecule has 3 heteroatoms. The Labute approximate surface area is 170 Å². The summed E-state index contributed by atoms with van der Waals surface area (Å²) in [6, 6.07) is 7.88. The minimum atomic E-state index is -0.410. The maximum atomic E-state index is 12.3. The smallest absolute Gasteiger partial charge is 0.162 e. The van der Waals surface area contributed by atoms with Crippen LogP contribution >= 0.6 is 11.6 Å². The summed E-state index contributed by atoms with van der Waals surface area (Å²) in [5, 5.41) is 10.6. The zero-order valence-corrected chi connectivity index (χ0v) is 17.6. The van der Waals surface area contributed by atoms with E-state index in [1.165, 1.54) is 12.8 Å². The van der Waals surface area contributed by atoms with E-state index in [0.717, 1.165) is 43.2 Å². The molecule has 1 fully saturated rings. The van der Waals surface area contributed by atoms with Crippen molar-refractivity contribution >= 4 is 17.4 Å². The molecule has 2 rings (SSSR count). The number of ketones is 1. The molecule has 0 spiro atoms. The van der Waals surface area contributed by atoms with E-state index in [1.807, 2.05) is 24.3 Å². The predicted octanol–water partition coefficient (Wildman–Crippen LogP) is 6.66. The molecule has 0 heterocycles. The maximum Gasteiger partial charge on any atom is 0.162 e. The van der Waals surface area contributed by atoms with Gasteiger partial charge in [-0.25, -0.2) is 0 Å². The lowest BCUT2D eigenvalue weighted by Crippen LogP contribution is -2.18. The molecule has 0 aromatic heterocycles. The first-order valence-corrected chi connectivity index (χ1v) is 11.1. The van der Waals surface area contributed by atoms with E-state index in [4.69, 9.17) is 11.6 Å². The van der Waals surface area contributed by atoms with Crippen LogP contribution in [0.15, 0.2) is 36.4 Å². The third-order valence-corrected chi connectivity index (χ3v) is 6.23. The van der Waals surface area contributed by atoms with Crippen molar-refractivity contribution in [3.05, 3.63) is 47.5 Å². The van der Waals surface area contributed by atoms with Crippen molar-refractivity contribution in [3.8, 4) is 0 Å². The number of aliphatic hydroxyl groups is 1. The molecule has 1 aromatic rings. The van der Waals surface area contributed by atoms with E-state index in [9.17, 15) is 9.90 Å². The number of carbonyl (C=O) groups is 1. The lowest BCUT2D eigenvalue weighted by Gasteiger charge is -2.23. The van der Waals surface area contributed by atoms with Crippen LogP contribution in [-0.4, -0.2) is 22.4 Å². The predicted molar refractivity (Wildman–Crippen MR) is 115 cm³/mol. The number of hydrogen-bond acceptors (Lipinski definition) is 2. The standard InChI is InChI=1S/C24H35ClO2/c1-3-5-7-8-10-11-20-21(25)17-23(27)24(20)19-15-13-18(14-16-19)22(26)12-9-6-4-2/h8,10,13-16,20-21,23-24,27H,3-7,9,11-12,17H2,1-2H3/b10-8-/t20-,21+,23+,24+/m0/s1. The van der Waals surface area contributed by atoms with Crippen molar-refractivity contribution in [1.82, 2.24) is 0 Å². The minimum Gasteiger partial charge on any atom is -0.392 e. The van der Waals surface area contributed by atoms with Gasteiger partial charge in [0.15, 0.2) is 5.78 Å². The zero-order valence-electron chi connectivity index (χ0n) is 16.9. The number of allylic oxidation sites excluding steroid dienone is 2. The summed E-state index contributed by atoms with van der Waals surface area (Å²) in [6.45, 7) is 4.34. The van der Waals surface area contributed by atoms with Crippen LogP contribution in [0.4, 0.5) is 0 Å². The Bertz CT molecular complexity index is 593. The van der Waals surface area contributed by atoms with Crippen LogP contribution in [0, 0.1) is 5.92 Å². The molecule has 2 nitrogen and oxygen atoms in total. The number of rotatable bonds is 11. The summed E-state index contributed by atoms with van der Waals surface area (Å²) in [5.41, 5.74) is 1.88. The monoisotopic (exact) mass is 390 g/mol. The van der Waals surface area contributed by atoms with E-state index in [-0.39, 0.29) is 23.0 Å². The highest BCUT2D eigenvalue weighted by molar-refractivity contribution is 6.21. The van der Waals surface area contributed by atoms with Crippen molar-refractivity contribution in [3.63, 3.8) is 0 Å². The summed E-state index contributed by atoms with van der Waals surface area (Å²) >= 11 is 6.56. The number of benzene rings is 1. The number of carbonyl (C=O) groups excluding carboxylic acids is 1. The number of Topliss-reactive ketones (excluding diaryl/α,β-unsaturated/α-hetero) is 1. The van der Waals surface area contributed by atoms with E-state index < -0.39 is 6.10 Å². The van der Waals surface area contributed by atoms with Gasteiger partial charge in [0.25, 0.3) is 0 Å². The highest BCUT2D eigenvalue weighted by Crippen LogP contribution is 2.44. The molecule has 0 saturated heterocycles. The second-order valence-electron chi connectivity index (χ2n) is 7.86. The second kappa shape index (κ2) is 11.7. The fourth-order valence-corrected chi connectivity index (χ4v) is 4.53. The molecule has 1 N–H and O–H groups in total. The molecular formula is C24H35ClO2. The van der Waals surface area contributed by atoms with Crippen molar-refractivity contribution in [1.29, 1.82) is 0 Å². The molecule has 150 valence electrons. The zero-order chi connectivity index (χ0) is 19.6. The highest BCUT2D eigenvalue weighted by Gasteiger charge is 2.41. The van der Waals surface area contributed by atoms with E-state index in [2.05, 4.69) is 26.0 Å². The van der Waals surface area contributed by atoms with Crippen LogP contribution < -0.4 is 0 Å². The molecular weight excluding hydrogens is 356 g/mol. The quantitative estimate of drug-likeness (QED) is 0.198. The molecule has 0 aliphatic heterocycles. The molecule has 4 atom stereocenters. The first kappa shape index (κ1) is 22.2. The average Bonchev–Trinajstić information content (AvgIpc) is 2.95. The van der Waals surface area contributed by atoms with Crippen LogP contribution in [0.2, 0.25) is 0 Å². The highest BCUT2D eigenvalue weighted by atomic mass is 35.5. The fraction of sp³-hybridized carbons (Fsp3) is 0.625. The number of unbranched alkanes of at least 4 members (excludes halogenated alkanes) is 4. The minimum absolute atomic E-state index is 0.00354. The van der Waals surface area contributed by atoms with Crippen molar-refractivity contribution in [2.75, 3.05) is 0 Å². The van der Waals surface area contributed by atoms with Gasteiger partial charge in [-0.1, -0.05) is 75.9 Å². The Morgan fingerprint density at radius 1 is 1.11 bits per heavy atom. The van der Waals surface area contributed by atoms with Crippen LogP contribution in [0.5, 0.6) is 0 Å². The Kier molecular flexibility index (Phi) is 9.58. The Hall–Kier alpha value is -1.12. The first-order chi connectivity index (χ1) is 13.1. The van der Waals surface area contributed by atoms with Crippen molar-refractivity contribution in [2.24, 2.45) is 5.92 Å². The van der Waals surface area contributed by atoms with Crippen LogP contribution in [0.3, 0.4) is 0 Å². The second-order valence-corrected chi connectivity index (χ2v) is 8.42. The number of halogens is 1. The van der Waals surface area contributed by atoms with Gasteiger partial charge >= 0.3 is 0 Å². The Morgan fingerprint density at radius 2 is 1.81 bits per heavy atom. The van der Waals surface area contributed by atoms with Gasteiger partial charge in [0.05, 0.1) is 6.10 Å². The van der Waals surface area contributed by atoms with Gasteiger partial charge in [-0.2, -0.15) is 0 Å². The van der Waals surface area contributed by atoms with E-state index >= 15 is 0 Å². The molecule has 0 radical (unpaired) electrons. The van der Waals surface area contributed by atoms with Crippen LogP contribution in [-0.2, 0) is 0 Å². The van der Waals surface area contributed by atoms with Crippen molar-refractivity contribution in [2.45, 2.75) is 89.0 Å². The first-order valence-electron chi connectivity index (χ1n) is 10.7. The summed E-state index contributed by atoms with van der Waals surface area (Å²) in [4.78, 5) is 12.3. The van der Waals surface area contributed by atoms with Gasteiger partial charge < -0.3 is 5.11 Å². The summed E-state index contributed by atoms with van der Waals surface area (Å²) in [6.07, 6.45) is 12.9. The van der Waals surface area contributed by atoms with Gasteiger partial charge in [0.2, 0.25) is 0 Å². The maximum absolute atomic E-state index is 12.3. The fourth-order valence-electron chi connectivity index (χ4n) is 4.09. The number of alkyl halides is 1. The Balaban J connectivity index is 2.02. The third-order valence-electron chi connectivity index (χ3n) is 5.73. The SMILES string of the molecule is CCCC/C=C\C[C@@H]1[C@@H](c2ccc(C(=O)CCCCC)cc2)[C@H](O)C[C@H]1Cl. The van der Waals surface area contributed by atoms with E-state index in [1.54, 1.807) is 0 Å². The molecule has 0 amide bonds. The summed E-state index contributed by atoms with van der Waals surface area (Å²) in [5.74, 6) is 0.505. The molecule has 1 aliphatic carbocycles. The van der Waals surface area contributed by atoms with Crippen LogP contribution in [0.1, 0.15) is 93.5 Å². The van der Waals surface area contributed by atoms with E-state index in [0.29, 0.717) is 12.8 Å². The largest absolute Gasteiger partial charge is 0.392 e. The molecule has 1 aromatic carbocycles.